The fraction of sp³-hybridized carbons (Fsp3) is 0.476. The lowest BCUT2D eigenvalue weighted by Crippen LogP contribution is -3.30. The summed E-state index contributed by atoms with van der Waals surface area (Å²) in [6.45, 7) is 9.31. The number of halogens is 1. The summed E-state index contributed by atoms with van der Waals surface area (Å²) < 4.78 is 15.0. The number of carbonyl (C=O) groups is 2. The zero-order chi connectivity index (χ0) is 21.8. The maximum absolute atomic E-state index is 13.2. The van der Waals surface area contributed by atoms with Crippen molar-refractivity contribution in [1.29, 1.82) is 0 Å². The Morgan fingerprint density at radius 2 is 1.90 bits per heavy atom. The van der Waals surface area contributed by atoms with Crippen molar-refractivity contribution >= 4 is 23.2 Å². The van der Waals surface area contributed by atoms with Crippen molar-refractivity contribution in [2.45, 2.75) is 26.8 Å². The largest absolute Gasteiger partial charge is 0.321 e. The first-order valence-corrected chi connectivity index (χ1v) is 10.3. The molecule has 0 bridgehead atoms. The quantitative estimate of drug-likeness (QED) is 0.482. The van der Waals surface area contributed by atoms with Crippen LogP contribution in [0.25, 0.3) is 0 Å². The van der Waals surface area contributed by atoms with Crippen molar-refractivity contribution in [3.63, 3.8) is 0 Å². The Balaban J connectivity index is 1.47. The van der Waals surface area contributed by atoms with Gasteiger partial charge in [0.05, 0.1) is 17.1 Å². The fourth-order valence-electron chi connectivity index (χ4n) is 3.90. The third kappa shape index (κ3) is 5.22. The number of amides is 2. The number of piperazine rings is 1. The number of quaternary nitrogens is 2. The van der Waals surface area contributed by atoms with Gasteiger partial charge in [-0.2, -0.15) is 5.10 Å². The number of benzene rings is 1. The van der Waals surface area contributed by atoms with Gasteiger partial charge in [-0.3, -0.25) is 14.3 Å². The van der Waals surface area contributed by atoms with Gasteiger partial charge in [-0.05, 0) is 39.0 Å². The topological polar surface area (TPSA) is 84.9 Å². The number of carbonyl (C=O) groups excluding carboxylic acids is 2. The van der Waals surface area contributed by atoms with Gasteiger partial charge in [0.15, 0.2) is 12.6 Å². The molecule has 0 spiro atoms. The van der Waals surface area contributed by atoms with Gasteiger partial charge in [0.1, 0.15) is 32.0 Å². The molecule has 1 aromatic carbocycles. The van der Waals surface area contributed by atoms with E-state index in [0.717, 1.165) is 43.3 Å². The minimum atomic E-state index is -0.374. The van der Waals surface area contributed by atoms with Crippen LogP contribution in [0.3, 0.4) is 0 Å². The summed E-state index contributed by atoms with van der Waals surface area (Å²) >= 11 is 0. The molecule has 2 aromatic rings. The number of aryl methyl sites for hydroxylation is 2. The van der Waals surface area contributed by atoms with Gasteiger partial charge in [-0.25, -0.2) is 4.39 Å². The van der Waals surface area contributed by atoms with E-state index in [9.17, 15) is 14.0 Å². The Hall–Kier alpha value is -2.78. The van der Waals surface area contributed by atoms with Gasteiger partial charge in [-0.15, -0.1) is 0 Å². The van der Waals surface area contributed by atoms with Crippen LogP contribution in [0, 0.1) is 19.7 Å². The lowest BCUT2D eigenvalue weighted by Gasteiger charge is -2.32. The van der Waals surface area contributed by atoms with Crippen LogP contribution < -0.4 is 20.4 Å². The zero-order valence-electron chi connectivity index (χ0n) is 18.0. The van der Waals surface area contributed by atoms with E-state index in [1.807, 2.05) is 27.8 Å². The highest BCUT2D eigenvalue weighted by Crippen LogP contribution is 2.18. The normalized spacial score (nSPS) is 19.9. The molecule has 2 amide bonds. The summed E-state index contributed by atoms with van der Waals surface area (Å²) in [5, 5.41) is 10.1. The molecule has 1 saturated heterocycles. The van der Waals surface area contributed by atoms with E-state index in [-0.39, 0.29) is 23.7 Å². The Morgan fingerprint density at radius 3 is 2.50 bits per heavy atom. The van der Waals surface area contributed by atoms with Crippen LogP contribution in [0.2, 0.25) is 0 Å². The predicted octanol–water partition coefficient (Wildman–Crippen LogP) is -1.07. The van der Waals surface area contributed by atoms with E-state index >= 15 is 0 Å². The molecule has 8 nitrogen and oxygen atoms in total. The SMILES string of the molecule is Cc1nn(C)c(C)c1NC(=O)[C@@H](C)[NH+]1CC[NH+](CC(=O)Nc2cccc(F)c2)CC1. The maximum Gasteiger partial charge on any atom is 0.282 e. The number of hydrogen-bond acceptors (Lipinski definition) is 3. The van der Waals surface area contributed by atoms with Crippen LogP contribution >= 0.6 is 0 Å². The Kier molecular flexibility index (Phi) is 6.84. The summed E-state index contributed by atoms with van der Waals surface area (Å²) in [7, 11) is 1.86. The van der Waals surface area contributed by atoms with Crippen LogP contribution in [0.5, 0.6) is 0 Å². The van der Waals surface area contributed by atoms with Crippen molar-refractivity contribution in [1.82, 2.24) is 9.78 Å². The average molecular weight is 419 g/mol. The average Bonchev–Trinajstić information content (AvgIpc) is 2.94. The summed E-state index contributed by atoms with van der Waals surface area (Å²) in [6.07, 6.45) is 0. The highest BCUT2D eigenvalue weighted by Gasteiger charge is 2.32. The van der Waals surface area contributed by atoms with Crippen LogP contribution in [-0.4, -0.2) is 60.4 Å². The molecule has 162 valence electrons. The summed E-state index contributed by atoms with van der Waals surface area (Å²) in [6, 6.07) is 5.70. The minimum absolute atomic E-state index is 0.0171. The third-order valence-corrected chi connectivity index (χ3v) is 5.88. The van der Waals surface area contributed by atoms with E-state index in [4.69, 9.17) is 0 Å². The van der Waals surface area contributed by atoms with Crippen molar-refractivity contribution in [3.8, 4) is 0 Å². The maximum atomic E-state index is 13.2. The molecule has 0 unspecified atom stereocenters. The van der Waals surface area contributed by atoms with Crippen LogP contribution in [0.15, 0.2) is 24.3 Å². The van der Waals surface area contributed by atoms with E-state index in [1.165, 1.54) is 21.9 Å². The predicted molar refractivity (Wildman–Crippen MR) is 112 cm³/mol. The summed E-state index contributed by atoms with van der Waals surface area (Å²) in [5.74, 6) is -0.523. The molecule has 2 heterocycles. The first-order valence-electron chi connectivity index (χ1n) is 10.3. The minimum Gasteiger partial charge on any atom is -0.321 e. The smallest absolute Gasteiger partial charge is 0.282 e. The van der Waals surface area contributed by atoms with Crippen LogP contribution in [0.4, 0.5) is 15.8 Å². The van der Waals surface area contributed by atoms with Gasteiger partial charge in [0.2, 0.25) is 0 Å². The van der Waals surface area contributed by atoms with E-state index in [1.54, 1.807) is 16.8 Å². The van der Waals surface area contributed by atoms with E-state index in [0.29, 0.717) is 12.2 Å². The molecule has 0 saturated carbocycles. The number of nitrogens with zero attached hydrogens (tertiary/aromatic N) is 2. The molecule has 0 aliphatic carbocycles. The number of aromatic nitrogens is 2. The molecule has 4 N–H and O–H groups in total. The van der Waals surface area contributed by atoms with Crippen molar-refractivity contribution < 1.29 is 23.8 Å². The molecule has 9 heteroatoms. The lowest BCUT2D eigenvalue weighted by molar-refractivity contribution is -1.01. The monoisotopic (exact) mass is 418 g/mol. The van der Waals surface area contributed by atoms with Gasteiger partial charge in [0, 0.05) is 12.7 Å². The van der Waals surface area contributed by atoms with Crippen LogP contribution in [0.1, 0.15) is 18.3 Å². The van der Waals surface area contributed by atoms with E-state index < -0.39 is 0 Å². The van der Waals surface area contributed by atoms with Gasteiger partial charge in [0.25, 0.3) is 11.8 Å². The lowest BCUT2D eigenvalue weighted by atomic mass is 10.2. The number of anilines is 2. The molecule has 1 fully saturated rings. The Labute approximate surface area is 176 Å². The fourth-order valence-corrected chi connectivity index (χ4v) is 3.90. The second-order valence-electron chi connectivity index (χ2n) is 8.02. The first-order chi connectivity index (χ1) is 14.2. The Bertz CT molecular complexity index is 920. The molecule has 3 rings (SSSR count). The molecule has 1 aliphatic heterocycles. The molecule has 1 atom stereocenters. The number of nitrogens with one attached hydrogen (secondary N) is 4. The summed E-state index contributed by atoms with van der Waals surface area (Å²) in [5.41, 5.74) is 2.99. The molecular weight excluding hydrogens is 387 g/mol. The highest BCUT2D eigenvalue weighted by molar-refractivity contribution is 5.94. The molecule has 30 heavy (non-hydrogen) atoms. The molecular formula is C21H31FN6O2+2. The van der Waals surface area contributed by atoms with Crippen molar-refractivity contribution in [2.75, 3.05) is 43.4 Å². The molecule has 0 radical (unpaired) electrons. The van der Waals surface area contributed by atoms with Gasteiger partial charge in [-0.1, -0.05) is 6.07 Å². The summed E-state index contributed by atoms with van der Waals surface area (Å²) in [4.78, 5) is 27.4. The molecule has 1 aliphatic rings. The molecule has 1 aromatic heterocycles. The van der Waals surface area contributed by atoms with Crippen molar-refractivity contribution in [3.05, 3.63) is 41.5 Å². The standard InChI is InChI=1S/C21H29FN6O2/c1-14-20(15(2)26(4)25-14)24-21(30)16(3)28-10-8-27(9-11-28)13-19(29)23-18-7-5-6-17(22)12-18/h5-7,12,16H,8-11,13H2,1-4H3,(H,23,29)(H,24,30)/p+2/t16-/m1/s1. The highest BCUT2D eigenvalue weighted by atomic mass is 19.1. The third-order valence-electron chi connectivity index (χ3n) is 5.88. The van der Waals surface area contributed by atoms with Gasteiger partial charge < -0.3 is 20.4 Å². The van der Waals surface area contributed by atoms with E-state index in [2.05, 4.69) is 15.7 Å². The number of hydrogen-bond donors (Lipinski definition) is 4. The second-order valence-corrected chi connectivity index (χ2v) is 8.02. The van der Waals surface area contributed by atoms with Gasteiger partial charge >= 0.3 is 0 Å². The Morgan fingerprint density at radius 1 is 1.20 bits per heavy atom. The number of rotatable bonds is 6. The second kappa shape index (κ2) is 9.36. The van der Waals surface area contributed by atoms with Crippen molar-refractivity contribution in [2.24, 2.45) is 7.05 Å². The zero-order valence-corrected chi connectivity index (χ0v) is 18.0. The van der Waals surface area contributed by atoms with Crippen LogP contribution in [-0.2, 0) is 16.6 Å². The first kappa shape index (κ1) is 21.9.